The summed E-state index contributed by atoms with van der Waals surface area (Å²) in [7, 11) is 0. The van der Waals surface area contributed by atoms with E-state index in [2.05, 4.69) is 5.10 Å². The molecule has 0 aliphatic carbocycles. The van der Waals surface area contributed by atoms with Gasteiger partial charge in [-0.25, -0.2) is 17.9 Å². The van der Waals surface area contributed by atoms with Gasteiger partial charge in [0.05, 0.1) is 12.8 Å². The molecule has 1 aromatic heterocycles. The minimum absolute atomic E-state index is 0.176. The molecular weight excluding hydrogens is 245 g/mol. The second-order valence-corrected chi connectivity index (χ2v) is 3.76. The molecule has 1 aromatic carbocycles. The van der Waals surface area contributed by atoms with Crippen molar-refractivity contribution in [3.8, 4) is 5.69 Å². The summed E-state index contributed by atoms with van der Waals surface area (Å²) in [5, 5.41) is 13.0. The van der Waals surface area contributed by atoms with E-state index in [9.17, 15) is 13.2 Å². The second kappa shape index (κ2) is 4.81. The topological polar surface area (TPSA) is 38.1 Å². The summed E-state index contributed by atoms with van der Waals surface area (Å²) in [6.45, 7) is 1.55. The van der Waals surface area contributed by atoms with Crippen molar-refractivity contribution < 1.29 is 18.3 Å². The first-order valence-corrected chi connectivity index (χ1v) is 5.40. The maximum absolute atomic E-state index is 13.6. The molecule has 0 saturated carbocycles. The Labute approximate surface area is 101 Å². The molecule has 0 aliphatic heterocycles. The van der Waals surface area contributed by atoms with Gasteiger partial charge in [0, 0.05) is 23.4 Å². The van der Waals surface area contributed by atoms with Gasteiger partial charge in [-0.3, -0.25) is 0 Å². The van der Waals surface area contributed by atoms with Gasteiger partial charge in [0.25, 0.3) is 0 Å². The third-order valence-electron chi connectivity index (χ3n) is 2.68. The first kappa shape index (κ1) is 12.6. The van der Waals surface area contributed by atoms with Gasteiger partial charge in [-0.15, -0.1) is 0 Å². The predicted octanol–water partition coefficient (Wildman–Crippen LogP) is 2.34. The van der Waals surface area contributed by atoms with E-state index in [0.717, 1.165) is 6.07 Å². The Morgan fingerprint density at radius 2 is 1.83 bits per heavy atom. The zero-order valence-electron chi connectivity index (χ0n) is 9.62. The molecule has 3 nitrogen and oxygen atoms in total. The number of nitrogens with zero attached hydrogens (tertiary/aromatic N) is 2. The molecule has 0 unspecified atom stereocenters. The van der Waals surface area contributed by atoms with Crippen molar-refractivity contribution in [1.29, 1.82) is 0 Å². The van der Waals surface area contributed by atoms with Crippen LogP contribution < -0.4 is 0 Å². The zero-order valence-corrected chi connectivity index (χ0v) is 9.62. The first-order chi connectivity index (χ1) is 8.58. The fourth-order valence-corrected chi connectivity index (χ4v) is 1.80. The quantitative estimate of drug-likeness (QED) is 0.856. The van der Waals surface area contributed by atoms with Gasteiger partial charge < -0.3 is 5.11 Å². The third kappa shape index (κ3) is 1.99. The van der Waals surface area contributed by atoms with Crippen LogP contribution in [0.25, 0.3) is 5.69 Å². The Hall–Kier alpha value is -1.82. The molecule has 0 amide bonds. The highest BCUT2D eigenvalue weighted by Crippen LogP contribution is 2.21. The van der Waals surface area contributed by atoms with Crippen molar-refractivity contribution in [1.82, 2.24) is 9.78 Å². The number of rotatable bonds is 3. The van der Waals surface area contributed by atoms with E-state index < -0.39 is 17.5 Å². The van der Waals surface area contributed by atoms with Gasteiger partial charge in [-0.2, -0.15) is 5.10 Å². The number of halogens is 3. The molecule has 2 rings (SSSR count). The average Bonchev–Trinajstić information content (AvgIpc) is 2.76. The standard InChI is InChI=1S/C12H11F3N2O/c1-2-11-7(6-18)5-16-17(11)12-4-9(14)8(13)3-10(12)15/h3-5,18H,2,6H2,1H3. The number of aliphatic hydroxyl groups excluding tert-OH is 1. The molecule has 0 fully saturated rings. The van der Waals surface area contributed by atoms with Crippen LogP contribution in [0.5, 0.6) is 0 Å². The van der Waals surface area contributed by atoms with Crippen molar-refractivity contribution in [2.75, 3.05) is 0 Å². The lowest BCUT2D eigenvalue weighted by molar-refractivity contribution is 0.280. The molecule has 0 saturated heterocycles. The number of aliphatic hydroxyl groups is 1. The summed E-state index contributed by atoms with van der Waals surface area (Å²) in [4.78, 5) is 0. The van der Waals surface area contributed by atoms with Gasteiger partial charge in [0.2, 0.25) is 0 Å². The molecule has 0 radical (unpaired) electrons. The van der Waals surface area contributed by atoms with Crippen molar-refractivity contribution in [2.24, 2.45) is 0 Å². The van der Waals surface area contributed by atoms with Crippen LogP contribution in [0.1, 0.15) is 18.2 Å². The predicted molar refractivity (Wildman–Crippen MR) is 58.7 cm³/mol. The fraction of sp³-hybridized carbons (Fsp3) is 0.250. The maximum atomic E-state index is 13.6. The Morgan fingerprint density at radius 3 is 2.44 bits per heavy atom. The molecule has 6 heteroatoms. The molecule has 2 aromatic rings. The number of benzene rings is 1. The van der Waals surface area contributed by atoms with Crippen molar-refractivity contribution >= 4 is 0 Å². The average molecular weight is 256 g/mol. The van der Waals surface area contributed by atoms with Gasteiger partial charge in [0.15, 0.2) is 17.5 Å². The monoisotopic (exact) mass is 256 g/mol. The Bertz CT molecular complexity index is 581. The second-order valence-electron chi connectivity index (χ2n) is 3.76. The lowest BCUT2D eigenvalue weighted by Crippen LogP contribution is -2.06. The minimum atomic E-state index is -1.25. The van der Waals surface area contributed by atoms with Crippen molar-refractivity contribution in [3.63, 3.8) is 0 Å². The molecular formula is C12H11F3N2O. The van der Waals surface area contributed by atoms with E-state index in [4.69, 9.17) is 5.11 Å². The number of hydrogen-bond acceptors (Lipinski definition) is 2. The highest BCUT2D eigenvalue weighted by Gasteiger charge is 2.16. The van der Waals surface area contributed by atoms with Crippen LogP contribution in [0, 0.1) is 17.5 Å². The molecule has 0 spiro atoms. The molecule has 0 atom stereocenters. The van der Waals surface area contributed by atoms with Crippen LogP contribution in [0.2, 0.25) is 0 Å². The van der Waals surface area contributed by atoms with Gasteiger partial charge in [-0.1, -0.05) is 6.92 Å². The lowest BCUT2D eigenvalue weighted by atomic mass is 10.2. The van der Waals surface area contributed by atoms with Gasteiger partial charge in [0.1, 0.15) is 5.69 Å². The largest absolute Gasteiger partial charge is 0.392 e. The van der Waals surface area contributed by atoms with E-state index in [1.54, 1.807) is 6.92 Å². The number of hydrogen-bond donors (Lipinski definition) is 1. The summed E-state index contributed by atoms with van der Waals surface area (Å²) >= 11 is 0. The van der Waals surface area contributed by atoms with Crippen molar-refractivity contribution in [2.45, 2.75) is 20.0 Å². The molecule has 18 heavy (non-hydrogen) atoms. The number of aromatic nitrogens is 2. The molecule has 1 N–H and O–H groups in total. The Kier molecular flexibility index (Phi) is 3.38. The van der Waals surface area contributed by atoms with E-state index in [1.165, 1.54) is 10.9 Å². The molecule has 0 bridgehead atoms. The van der Waals surface area contributed by atoms with E-state index in [-0.39, 0.29) is 12.3 Å². The van der Waals surface area contributed by atoms with Crippen LogP contribution in [0.3, 0.4) is 0 Å². The first-order valence-electron chi connectivity index (χ1n) is 5.40. The summed E-state index contributed by atoms with van der Waals surface area (Å²) in [5.74, 6) is -3.30. The fourth-order valence-electron chi connectivity index (χ4n) is 1.80. The van der Waals surface area contributed by atoms with Crippen LogP contribution in [0.15, 0.2) is 18.3 Å². The maximum Gasteiger partial charge on any atom is 0.161 e. The smallest absolute Gasteiger partial charge is 0.161 e. The summed E-state index contributed by atoms with van der Waals surface area (Å²) in [6.07, 6.45) is 1.86. The molecule has 96 valence electrons. The normalized spacial score (nSPS) is 10.9. The van der Waals surface area contributed by atoms with Gasteiger partial charge >= 0.3 is 0 Å². The highest BCUT2D eigenvalue weighted by molar-refractivity contribution is 5.37. The van der Waals surface area contributed by atoms with E-state index in [1.807, 2.05) is 0 Å². The SMILES string of the molecule is CCc1c(CO)cnn1-c1cc(F)c(F)cc1F. The van der Waals surface area contributed by atoms with Crippen LogP contribution >= 0.6 is 0 Å². The van der Waals surface area contributed by atoms with Crippen LogP contribution in [-0.4, -0.2) is 14.9 Å². The highest BCUT2D eigenvalue weighted by atomic mass is 19.2. The minimum Gasteiger partial charge on any atom is -0.392 e. The summed E-state index contributed by atoms with van der Waals surface area (Å²) < 4.78 is 40.8. The van der Waals surface area contributed by atoms with Crippen LogP contribution in [-0.2, 0) is 13.0 Å². The summed E-state index contributed by atoms with van der Waals surface area (Å²) in [5.41, 5.74) is 0.912. The van der Waals surface area contributed by atoms with Gasteiger partial charge in [-0.05, 0) is 6.42 Å². The molecule has 1 heterocycles. The van der Waals surface area contributed by atoms with E-state index >= 15 is 0 Å². The van der Waals surface area contributed by atoms with Crippen molar-refractivity contribution in [3.05, 3.63) is 47.0 Å². The molecule has 0 aliphatic rings. The van der Waals surface area contributed by atoms with Crippen LogP contribution in [0.4, 0.5) is 13.2 Å². The Morgan fingerprint density at radius 1 is 1.17 bits per heavy atom. The summed E-state index contributed by atoms with van der Waals surface area (Å²) in [6, 6.07) is 1.22. The lowest BCUT2D eigenvalue weighted by Gasteiger charge is -2.08. The van der Waals surface area contributed by atoms with E-state index in [0.29, 0.717) is 23.7 Å². The third-order valence-corrected chi connectivity index (χ3v) is 2.68. The Balaban J connectivity index is 2.62. The zero-order chi connectivity index (χ0) is 13.3.